The van der Waals surface area contributed by atoms with E-state index in [1.165, 1.54) is 0 Å². The van der Waals surface area contributed by atoms with E-state index in [0.29, 0.717) is 6.42 Å². The van der Waals surface area contributed by atoms with Crippen molar-refractivity contribution in [2.75, 3.05) is 19.4 Å². The molecular weight excluding hydrogens is 422 g/mol. The van der Waals surface area contributed by atoms with Crippen molar-refractivity contribution < 1.29 is 19.4 Å². The topological polar surface area (TPSA) is 75.6 Å². The molecule has 5 nitrogen and oxygen atoms in total. The number of ether oxygens (including phenoxy) is 1. The van der Waals surface area contributed by atoms with Crippen LogP contribution in [0.4, 0.5) is 4.79 Å². The first kappa shape index (κ1) is 22.0. The number of carboxylic acid groups (broad SMARTS) is 1. The molecule has 32 heavy (non-hydrogen) atoms. The number of benzene rings is 3. The Bertz CT molecular complexity index is 1080. The number of rotatable bonds is 8. The second kappa shape index (κ2) is 9.92. The fourth-order valence-electron chi connectivity index (χ4n) is 4.19. The fraction of sp³-hybridized carbons (Fsp3) is 0.231. The van der Waals surface area contributed by atoms with E-state index < -0.39 is 18.0 Å². The summed E-state index contributed by atoms with van der Waals surface area (Å²) in [4.78, 5) is 25.2. The van der Waals surface area contributed by atoms with Crippen LogP contribution < -0.4 is 5.32 Å². The number of carbonyl (C=O) groups excluding carboxylic acids is 1. The largest absolute Gasteiger partial charge is 0.481 e. The fourth-order valence-corrected chi connectivity index (χ4v) is 4.67. The van der Waals surface area contributed by atoms with Gasteiger partial charge < -0.3 is 15.2 Å². The third kappa shape index (κ3) is 4.81. The van der Waals surface area contributed by atoms with E-state index in [1.807, 2.05) is 54.8 Å². The lowest BCUT2D eigenvalue weighted by atomic mass is 9.98. The number of hydrogen-bond acceptors (Lipinski definition) is 4. The number of nitrogens with one attached hydrogen (secondary N) is 1. The molecule has 3 aromatic carbocycles. The lowest BCUT2D eigenvalue weighted by Crippen LogP contribution is -2.35. The lowest BCUT2D eigenvalue weighted by molar-refractivity contribution is -0.141. The first-order valence-corrected chi connectivity index (χ1v) is 11.7. The molecule has 1 aliphatic rings. The summed E-state index contributed by atoms with van der Waals surface area (Å²) in [6, 6.07) is 24.1. The van der Waals surface area contributed by atoms with Crippen molar-refractivity contribution in [2.45, 2.75) is 17.2 Å². The maximum atomic E-state index is 12.4. The van der Waals surface area contributed by atoms with Crippen LogP contribution in [-0.4, -0.2) is 36.6 Å². The summed E-state index contributed by atoms with van der Waals surface area (Å²) in [6.07, 6.45) is 1.72. The van der Waals surface area contributed by atoms with Crippen LogP contribution in [0.15, 0.2) is 77.7 Å². The van der Waals surface area contributed by atoms with Gasteiger partial charge in [0.05, 0.1) is 5.92 Å². The van der Waals surface area contributed by atoms with Crippen LogP contribution in [0, 0.1) is 5.92 Å². The summed E-state index contributed by atoms with van der Waals surface area (Å²) in [7, 11) is 0. The van der Waals surface area contributed by atoms with Crippen LogP contribution in [0.3, 0.4) is 0 Å². The monoisotopic (exact) mass is 447 g/mol. The third-order valence-corrected chi connectivity index (χ3v) is 6.53. The molecule has 1 atom stereocenters. The molecule has 0 aromatic heterocycles. The molecule has 0 saturated carbocycles. The number of carbonyl (C=O) groups is 2. The third-order valence-electron chi connectivity index (χ3n) is 5.80. The minimum Gasteiger partial charge on any atom is -0.481 e. The lowest BCUT2D eigenvalue weighted by Gasteiger charge is -2.16. The van der Waals surface area contributed by atoms with E-state index in [2.05, 4.69) is 29.6 Å². The van der Waals surface area contributed by atoms with Gasteiger partial charge >= 0.3 is 12.1 Å². The van der Waals surface area contributed by atoms with Crippen molar-refractivity contribution in [3.63, 3.8) is 0 Å². The predicted octanol–water partition coefficient (Wildman–Crippen LogP) is 5.19. The molecule has 1 amide bonds. The van der Waals surface area contributed by atoms with Gasteiger partial charge in [0.1, 0.15) is 6.61 Å². The van der Waals surface area contributed by atoms with Crippen molar-refractivity contribution >= 4 is 23.8 Å². The van der Waals surface area contributed by atoms with Crippen LogP contribution in [0.25, 0.3) is 11.1 Å². The normalized spacial score (nSPS) is 13.2. The molecule has 2 N–H and O–H groups in total. The molecule has 0 aliphatic heterocycles. The van der Waals surface area contributed by atoms with Crippen LogP contribution >= 0.6 is 11.8 Å². The molecule has 164 valence electrons. The number of alkyl carbamates (subject to hydrolysis) is 1. The summed E-state index contributed by atoms with van der Waals surface area (Å²) < 4.78 is 5.51. The SMILES string of the molecule is CSc1cccc(C[C@H](CNC(=O)OCC2c3ccccc3-c3ccccc32)C(=O)O)c1. The summed E-state index contributed by atoms with van der Waals surface area (Å²) in [6.45, 7) is 0.211. The number of thioether (sulfide) groups is 1. The van der Waals surface area contributed by atoms with Gasteiger partial charge in [0.2, 0.25) is 0 Å². The highest BCUT2D eigenvalue weighted by molar-refractivity contribution is 7.98. The molecule has 0 heterocycles. The quantitative estimate of drug-likeness (QED) is 0.465. The second-order valence-electron chi connectivity index (χ2n) is 7.80. The second-order valence-corrected chi connectivity index (χ2v) is 8.68. The number of carboxylic acids is 1. The predicted molar refractivity (Wildman–Crippen MR) is 126 cm³/mol. The van der Waals surface area contributed by atoms with E-state index in [4.69, 9.17) is 4.74 Å². The Morgan fingerprint density at radius 3 is 2.28 bits per heavy atom. The minimum absolute atomic E-state index is 0.00943. The van der Waals surface area contributed by atoms with Gasteiger partial charge in [-0.2, -0.15) is 0 Å². The summed E-state index contributed by atoms with van der Waals surface area (Å²) in [5, 5.41) is 12.2. The molecule has 3 aromatic rings. The standard InChI is InChI=1S/C26H25NO4S/c1-32-19-8-6-7-17(14-19)13-18(25(28)29)15-27-26(30)31-16-24-22-11-4-2-9-20(22)21-10-3-5-12-23(21)24/h2-12,14,18,24H,13,15-16H2,1H3,(H,27,30)(H,28,29)/t18-/m1/s1. The molecule has 0 fully saturated rings. The highest BCUT2D eigenvalue weighted by Crippen LogP contribution is 2.44. The van der Waals surface area contributed by atoms with Gasteiger partial charge in [0, 0.05) is 17.4 Å². The van der Waals surface area contributed by atoms with Gasteiger partial charge in [-0.05, 0) is 52.6 Å². The average Bonchev–Trinajstić information content (AvgIpc) is 3.14. The maximum Gasteiger partial charge on any atom is 0.407 e. The highest BCUT2D eigenvalue weighted by Gasteiger charge is 2.29. The summed E-state index contributed by atoms with van der Waals surface area (Å²) in [5.74, 6) is -1.70. The molecule has 0 radical (unpaired) electrons. The minimum atomic E-state index is -0.946. The Balaban J connectivity index is 1.36. The van der Waals surface area contributed by atoms with E-state index in [0.717, 1.165) is 32.7 Å². The zero-order chi connectivity index (χ0) is 22.5. The Labute approximate surface area is 191 Å². The molecule has 0 saturated heterocycles. The van der Waals surface area contributed by atoms with E-state index in [9.17, 15) is 14.7 Å². The van der Waals surface area contributed by atoms with Crippen molar-refractivity contribution in [2.24, 2.45) is 5.92 Å². The van der Waals surface area contributed by atoms with Gasteiger partial charge in [-0.1, -0.05) is 60.7 Å². The van der Waals surface area contributed by atoms with Gasteiger partial charge in [0.15, 0.2) is 0 Å². The molecule has 0 spiro atoms. The summed E-state index contributed by atoms with van der Waals surface area (Å²) in [5.41, 5.74) is 5.53. The van der Waals surface area contributed by atoms with Crippen LogP contribution in [0.2, 0.25) is 0 Å². The maximum absolute atomic E-state index is 12.4. The van der Waals surface area contributed by atoms with Gasteiger partial charge in [0.25, 0.3) is 0 Å². The van der Waals surface area contributed by atoms with Crippen LogP contribution in [0.1, 0.15) is 22.6 Å². The highest BCUT2D eigenvalue weighted by atomic mass is 32.2. The smallest absolute Gasteiger partial charge is 0.407 e. The first-order valence-electron chi connectivity index (χ1n) is 10.5. The zero-order valence-electron chi connectivity index (χ0n) is 17.8. The molecule has 4 rings (SSSR count). The van der Waals surface area contributed by atoms with Gasteiger partial charge in [-0.3, -0.25) is 4.79 Å². The van der Waals surface area contributed by atoms with Crippen molar-refractivity contribution in [3.05, 3.63) is 89.5 Å². The molecular formula is C26H25NO4S. The Morgan fingerprint density at radius 2 is 1.66 bits per heavy atom. The van der Waals surface area contributed by atoms with Crippen molar-refractivity contribution in [3.8, 4) is 11.1 Å². The Hall–Kier alpha value is -3.25. The van der Waals surface area contributed by atoms with Crippen molar-refractivity contribution in [1.82, 2.24) is 5.32 Å². The van der Waals surface area contributed by atoms with E-state index >= 15 is 0 Å². The van der Waals surface area contributed by atoms with E-state index in [-0.39, 0.29) is 19.1 Å². The molecule has 0 bridgehead atoms. The van der Waals surface area contributed by atoms with Crippen LogP contribution in [-0.2, 0) is 16.0 Å². The Kier molecular flexibility index (Phi) is 6.81. The Morgan fingerprint density at radius 1 is 1.00 bits per heavy atom. The molecule has 0 unspecified atom stereocenters. The number of hydrogen-bond donors (Lipinski definition) is 2. The summed E-state index contributed by atoms with van der Waals surface area (Å²) >= 11 is 1.61. The number of fused-ring (bicyclic) bond motifs is 3. The molecule has 6 heteroatoms. The molecule has 1 aliphatic carbocycles. The van der Waals surface area contributed by atoms with Crippen LogP contribution in [0.5, 0.6) is 0 Å². The van der Waals surface area contributed by atoms with E-state index in [1.54, 1.807) is 11.8 Å². The number of amides is 1. The number of aliphatic carboxylic acids is 1. The zero-order valence-corrected chi connectivity index (χ0v) is 18.6. The van der Waals surface area contributed by atoms with Crippen molar-refractivity contribution in [1.29, 1.82) is 0 Å². The van der Waals surface area contributed by atoms with Gasteiger partial charge in [-0.25, -0.2) is 4.79 Å². The average molecular weight is 448 g/mol. The first-order chi connectivity index (χ1) is 15.6. The van der Waals surface area contributed by atoms with Gasteiger partial charge in [-0.15, -0.1) is 11.8 Å².